The van der Waals surface area contributed by atoms with Crippen molar-refractivity contribution >= 4 is 39.1 Å². The van der Waals surface area contributed by atoms with Crippen LogP contribution >= 0.6 is 27.3 Å². The molecule has 26 heavy (non-hydrogen) atoms. The summed E-state index contributed by atoms with van der Waals surface area (Å²) in [5, 5.41) is 7.09. The highest BCUT2D eigenvalue weighted by atomic mass is 79.9. The van der Waals surface area contributed by atoms with Gasteiger partial charge in [0.2, 0.25) is 5.91 Å². The minimum absolute atomic E-state index is 0.00170. The van der Waals surface area contributed by atoms with E-state index in [1.807, 2.05) is 42.6 Å². The Morgan fingerprint density at radius 1 is 1.23 bits per heavy atom. The Morgan fingerprint density at radius 3 is 2.73 bits per heavy atom. The standard InChI is InChI=1S/C18H17BrN4O2S/c1-22(18(25)15-7-8-16(19)26-15)12-17(24)20-11-13-5-2-3-6-14(13)23-10-4-9-21-23/h2-10H,11-12H2,1H3,(H,20,24). The van der Waals surface area contributed by atoms with E-state index in [1.54, 1.807) is 24.0 Å². The lowest BCUT2D eigenvalue weighted by Gasteiger charge is -2.16. The molecule has 0 spiro atoms. The first-order valence-electron chi connectivity index (χ1n) is 7.90. The molecule has 0 aliphatic carbocycles. The maximum atomic E-state index is 12.3. The second kappa shape index (κ2) is 8.29. The van der Waals surface area contributed by atoms with Crippen LogP contribution < -0.4 is 5.32 Å². The van der Waals surface area contributed by atoms with Crippen LogP contribution in [0.25, 0.3) is 5.69 Å². The molecule has 0 bridgehead atoms. The molecule has 0 radical (unpaired) electrons. The van der Waals surface area contributed by atoms with Gasteiger partial charge in [-0.15, -0.1) is 11.3 Å². The first-order chi connectivity index (χ1) is 12.5. The number of nitrogens with one attached hydrogen (secondary N) is 1. The number of rotatable bonds is 6. The summed E-state index contributed by atoms with van der Waals surface area (Å²) in [6.07, 6.45) is 3.56. The fourth-order valence-electron chi connectivity index (χ4n) is 2.45. The molecule has 0 aliphatic heterocycles. The number of likely N-dealkylation sites (N-methyl/N-ethyl adjacent to an activating group) is 1. The second-order valence-corrected chi connectivity index (χ2v) is 8.08. The van der Waals surface area contributed by atoms with Crippen LogP contribution in [-0.4, -0.2) is 40.1 Å². The first-order valence-corrected chi connectivity index (χ1v) is 9.51. The van der Waals surface area contributed by atoms with E-state index in [9.17, 15) is 9.59 Å². The fraction of sp³-hybridized carbons (Fsp3) is 0.167. The lowest BCUT2D eigenvalue weighted by Crippen LogP contribution is -2.38. The van der Waals surface area contributed by atoms with Gasteiger partial charge in [-0.25, -0.2) is 4.68 Å². The Labute approximate surface area is 163 Å². The smallest absolute Gasteiger partial charge is 0.264 e. The molecule has 0 aliphatic rings. The van der Waals surface area contributed by atoms with Gasteiger partial charge in [-0.3, -0.25) is 9.59 Å². The number of halogens is 1. The molecule has 2 aromatic heterocycles. The van der Waals surface area contributed by atoms with Crippen LogP contribution in [0.15, 0.2) is 58.6 Å². The van der Waals surface area contributed by atoms with E-state index >= 15 is 0 Å². The van der Waals surface area contributed by atoms with E-state index < -0.39 is 0 Å². The third-order valence-electron chi connectivity index (χ3n) is 3.73. The average molecular weight is 433 g/mol. The average Bonchev–Trinajstić information content (AvgIpc) is 3.31. The van der Waals surface area contributed by atoms with E-state index in [-0.39, 0.29) is 18.4 Å². The molecule has 6 nitrogen and oxygen atoms in total. The van der Waals surface area contributed by atoms with Gasteiger partial charge >= 0.3 is 0 Å². The summed E-state index contributed by atoms with van der Waals surface area (Å²) in [7, 11) is 1.62. The minimum Gasteiger partial charge on any atom is -0.350 e. The molecule has 2 heterocycles. The van der Waals surface area contributed by atoms with Gasteiger partial charge in [0.15, 0.2) is 0 Å². The van der Waals surface area contributed by atoms with Crippen molar-refractivity contribution in [2.75, 3.05) is 13.6 Å². The highest BCUT2D eigenvalue weighted by Gasteiger charge is 2.16. The third kappa shape index (κ3) is 4.39. The highest BCUT2D eigenvalue weighted by molar-refractivity contribution is 9.11. The Morgan fingerprint density at radius 2 is 2.04 bits per heavy atom. The van der Waals surface area contributed by atoms with Gasteiger partial charge in [0.1, 0.15) is 0 Å². The van der Waals surface area contributed by atoms with Crippen LogP contribution in [0.3, 0.4) is 0 Å². The van der Waals surface area contributed by atoms with Crippen LogP contribution in [-0.2, 0) is 11.3 Å². The molecule has 0 fully saturated rings. The molecule has 2 amide bonds. The summed E-state index contributed by atoms with van der Waals surface area (Å²) in [6.45, 7) is 0.361. The van der Waals surface area contributed by atoms with Crippen LogP contribution in [0.4, 0.5) is 0 Å². The molecule has 0 saturated heterocycles. The monoisotopic (exact) mass is 432 g/mol. The molecular weight excluding hydrogens is 416 g/mol. The van der Waals surface area contributed by atoms with Crippen LogP contribution in [0, 0.1) is 0 Å². The zero-order valence-electron chi connectivity index (χ0n) is 14.1. The van der Waals surface area contributed by atoms with Crippen LogP contribution in [0.1, 0.15) is 15.2 Å². The minimum atomic E-state index is -0.216. The molecular formula is C18H17BrN4O2S. The van der Waals surface area contributed by atoms with Gasteiger partial charge < -0.3 is 10.2 Å². The molecule has 1 aromatic carbocycles. The van der Waals surface area contributed by atoms with Crippen molar-refractivity contribution in [2.24, 2.45) is 0 Å². The maximum absolute atomic E-state index is 12.3. The summed E-state index contributed by atoms with van der Waals surface area (Å²) in [5.41, 5.74) is 1.85. The van der Waals surface area contributed by atoms with E-state index in [1.165, 1.54) is 16.2 Å². The van der Waals surface area contributed by atoms with Gasteiger partial charge in [-0.1, -0.05) is 18.2 Å². The summed E-state index contributed by atoms with van der Waals surface area (Å²) >= 11 is 4.68. The fourth-order valence-corrected chi connectivity index (χ4v) is 3.83. The summed E-state index contributed by atoms with van der Waals surface area (Å²) in [6, 6.07) is 13.1. The van der Waals surface area contributed by atoms with Gasteiger partial charge in [0, 0.05) is 26.0 Å². The quantitative estimate of drug-likeness (QED) is 0.650. The maximum Gasteiger partial charge on any atom is 0.264 e. The van der Waals surface area contributed by atoms with Crippen molar-refractivity contribution in [2.45, 2.75) is 6.54 Å². The Hall–Kier alpha value is -2.45. The van der Waals surface area contributed by atoms with Crippen LogP contribution in [0.2, 0.25) is 0 Å². The van der Waals surface area contributed by atoms with Gasteiger partial charge in [0.25, 0.3) is 5.91 Å². The number of benzene rings is 1. The van der Waals surface area contributed by atoms with Crippen molar-refractivity contribution in [1.82, 2.24) is 20.0 Å². The number of amides is 2. The van der Waals surface area contributed by atoms with Gasteiger partial charge in [-0.2, -0.15) is 5.10 Å². The second-order valence-electron chi connectivity index (χ2n) is 5.62. The molecule has 0 unspecified atom stereocenters. The zero-order chi connectivity index (χ0) is 18.5. The number of carbonyl (C=O) groups is 2. The number of aromatic nitrogens is 2. The normalized spacial score (nSPS) is 10.5. The Bertz CT molecular complexity index is 908. The number of para-hydroxylation sites is 1. The molecule has 0 atom stereocenters. The van der Waals surface area contributed by atoms with Gasteiger partial charge in [-0.05, 0) is 45.8 Å². The van der Waals surface area contributed by atoms with E-state index in [0.29, 0.717) is 11.4 Å². The number of nitrogens with zero attached hydrogens (tertiary/aromatic N) is 3. The lowest BCUT2D eigenvalue weighted by molar-refractivity contribution is -0.121. The Balaban J connectivity index is 1.59. The van der Waals surface area contributed by atoms with Crippen molar-refractivity contribution in [1.29, 1.82) is 0 Å². The number of carbonyl (C=O) groups excluding carboxylic acids is 2. The summed E-state index contributed by atoms with van der Waals surface area (Å²) in [4.78, 5) is 26.5. The predicted molar refractivity (Wildman–Crippen MR) is 104 cm³/mol. The molecule has 0 saturated carbocycles. The van der Waals surface area contributed by atoms with Crippen molar-refractivity contribution < 1.29 is 9.59 Å². The largest absolute Gasteiger partial charge is 0.350 e. The van der Waals surface area contributed by atoms with Crippen molar-refractivity contribution in [3.63, 3.8) is 0 Å². The first kappa shape index (κ1) is 18.3. The molecule has 134 valence electrons. The predicted octanol–water partition coefficient (Wildman–Crippen LogP) is 3.08. The third-order valence-corrected chi connectivity index (χ3v) is 5.34. The topological polar surface area (TPSA) is 67.2 Å². The number of thiophene rings is 1. The van der Waals surface area contributed by atoms with E-state index in [4.69, 9.17) is 0 Å². The van der Waals surface area contributed by atoms with Crippen molar-refractivity contribution in [3.8, 4) is 5.69 Å². The molecule has 8 heteroatoms. The molecule has 3 rings (SSSR count). The lowest BCUT2D eigenvalue weighted by atomic mass is 10.2. The Kier molecular flexibility index (Phi) is 5.85. The summed E-state index contributed by atoms with van der Waals surface area (Å²) < 4.78 is 2.64. The summed E-state index contributed by atoms with van der Waals surface area (Å²) in [5.74, 6) is -0.389. The number of hydrogen-bond acceptors (Lipinski definition) is 4. The van der Waals surface area contributed by atoms with Gasteiger partial charge in [0.05, 0.1) is 20.9 Å². The van der Waals surface area contributed by atoms with Crippen molar-refractivity contribution in [3.05, 3.63) is 69.1 Å². The van der Waals surface area contributed by atoms with E-state index in [2.05, 4.69) is 26.3 Å². The van der Waals surface area contributed by atoms with Crippen LogP contribution in [0.5, 0.6) is 0 Å². The zero-order valence-corrected chi connectivity index (χ0v) is 16.5. The highest BCUT2D eigenvalue weighted by Crippen LogP contribution is 2.23. The number of hydrogen-bond donors (Lipinski definition) is 1. The van der Waals surface area contributed by atoms with E-state index in [0.717, 1.165) is 15.0 Å². The SMILES string of the molecule is CN(CC(=O)NCc1ccccc1-n1cccn1)C(=O)c1ccc(Br)s1. The molecule has 1 N–H and O–H groups in total. The molecule has 3 aromatic rings.